The molecule has 2 heterocycles. The SMILES string of the molecule is CCc1cc2c(s1)C(C)OCCS2=O. The molecular formula is C10H14O2S2. The van der Waals surface area contributed by atoms with Crippen LogP contribution < -0.4 is 0 Å². The van der Waals surface area contributed by atoms with E-state index in [1.165, 1.54) is 4.88 Å². The Balaban J connectivity index is 2.45. The quantitative estimate of drug-likeness (QED) is 0.741. The van der Waals surface area contributed by atoms with Gasteiger partial charge in [-0.1, -0.05) is 6.92 Å². The summed E-state index contributed by atoms with van der Waals surface area (Å²) < 4.78 is 17.4. The maximum absolute atomic E-state index is 11.8. The van der Waals surface area contributed by atoms with E-state index in [4.69, 9.17) is 4.74 Å². The maximum Gasteiger partial charge on any atom is 0.0901 e. The van der Waals surface area contributed by atoms with Crippen molar-refractivity contribution in [1.82, 2.24) is 0 Å². The molecule has 0 fully saturated rings. The third-order valence-electron chi connectivity index (χ3n) is 2.38. The summed E-state index contributed by atoms with van der Waals surface area (Å²) in [6, 6.07) is 2.08. The minimum absolute atomic E-state index is 0.113. The van der Waals surface area contributed by atoms with Crippen LogP contribution in [0.3, 0.4) is 0 Å². The number of hydrogen-bond donors (Lipinski definition) is 0. The lowest BCUT2D eigenvalue weighted by atomic mass is 10.3. The molecule has 0 amide bonds. The zero-order chi connectivity index (χ0) is 10.1. The molecule has 2 unspecified atom stereocenters. The Labute approximate surface area is 90.7 Å². The minimum Gasteiger partial charge on any atom is -0.372 e. The van der Waals surface area contributed by atoms with E-state index in [0.29, 0.717) is 12.4 Å². The van der Waals surface area contributed by atoms with Gasteiger partial charge >= 0.3 is 0 Å². The normalized spacial score (nSPS) is 27.0. The van der Waals surface area contributed by atoms with Crippen LogP contribution in [-0.4, -0.2) is 16.6 Å². The van der Waals surface area contributed by atoms with E-state index >= 15 is 0 Å². The number of ether oxygens (including phenoxy) is 1. The lowest BCUT2D eigenvalue weighted by Crippen LogP contribution is -2.01. The van der Waals surface area contributed by atoms with Crippen molar-refractivity contribution in [2.24, 2.45) is 0 Å². The van der Waals surface area contributed by atoms with Gasteiger partial charge in [0.05, 0.1) is 34.2 Å². The maximum atomic E-state index is 11.8. The number of fused-ring (bicyclic) bond motifs is 1. The zero-order valence-electron chi connectivity index (χ0n) is 8.41. The van der Waals surface area contributed by atoms with Gasteiger partial charge in [-0.25, -0.2) is 0 Å². The average Bonchev–Trinajstić information content (AvgIpc) is 2.56. The van der Waals surface area contributed by atoms with Gasteiger partial charge in [-0.15, -0.1) is 11.3 Å². The summed E-state index contributed by atoms with van der Waals surface area (Å²) in [7, 11) is -0.849. The Bertz CT molecular complexity index is 357. The van der Waals surface area contributed by atoms with Gasteiger partial charge in [0.15, 0.2) is 0 Å². The molecule has 1 aromatic heterocycles. The third-order valence-corrected chi connectivity index (χ3v) is 5.31. The van der Waals surface area contributed by atoms with Gasteiger partial charge in [-0.3, -0.25) is 4.21 Å². The smallest absolute Gasteiger partial charge is 0.0901 e. The van der Waals surface area contributed by atoms with Crippen LogP contribution in [0.15, 0.2) is 11.0 Å². The third kappa shape index (κ3) is 1.78. The van der Waals surface area contributed by atoms with Crippen molar-refractivity contribution in [3.63, 3.8) is 0 Å². The highest BCUT2D eigenvalue weighted by Crippen LogP contribution is 2.34. The molecule has 2 rings (SSSR count). The van der Waals surface area contributed by atoms with Crippen LogP contribution in [0.1, 0.15) is 29.7 Å². The molecule has 78 valence electrons. The van der Waals surface area contributed by atoms with Crippen molar-refractivity contribution in [3.8, 4) is 0 Å². The summed E-state index contributed by atoms with van der Waals surface area (Å²) >= 11 is 1.74. The number of aryl methyl sites for hydroxylation is 1. The molecule has 0 bridgehead atoms. The van der Waals surface area contributed by atoms with E-state index in [1.807, 2.05) is 6.92 Å². The molecule has 0 radical (unpaired) electrons. The van der Waals surface area contributed by atoms with Gasteiger partial charge < -0.3 is 4.74 Å². The van der Waals surface area contributed by atoms with Crippen molar-refractivity contribution in [2.75, 3.05) is 12.4 Å². The first-order valence-corrected chi connectivity index (χ1v) is 6.98. The summed E-state index contributed by atoms with van der Waals surface area (Å²) in [6.45, 7) is 4.77. The van der Waals surface area contributed by atoms with Gasteiger partial charge in [-0.05, 0) is 19.4 Å². The van der Waals surface area contributed by atoms with Gasteiger partial charge in [0.2, 0.25) is 0 Å². The van der Waals surface area contributed by atoms with Crippen LogP contribution in [0.2, 0.25) is 0 Å². The van der Waals surface area contributed by atoms with Crippen LogP contribution in [0.4, 0.5) is 0 Å². The van der Waals surface area contributed by atoms with E-state index in [2.05, 4.69) is 13.0 Å². The largest absolute Gasteiger partial charge is 0.372 e. The molecular weight excluding hydrogens is 216 g/mol. The topological polar surface area (TPSA) is 26.3 Å². The first-order valence-electron chi connectivity index (χ1n) is 4.85. The monoisotopic (exact) mass is 230 g/mol. The van der Waals surface area contributed by atoms with Gasteiger partial charge in [-0.2, -0.15) is 0 Å². The Morgan fingerprint density at radius 1 is 1.71 bits per heavy atom. The second kappa shape index (κ2) is 4.13. The van der Waals surface area contributed by atoms with Crippen molar-refractivity contribution in [2.45, 2.75) is 31.3 Å². The Hall–Kier alpha value is -0.190. The van der Waals surface area contributed by atoms with E-state index < -0.39 is 10.8 Å². The lowest BCUT2D eigenvalue weighted by molar-refractivity contribution is 0.0811. The molecule has 0 N–H and O–H groups in total. The number of rotatable bonds is 1. The van der Waals surface area contributed by atoms with Crippen LogP contribution >= 0.6 is 11.3 Å². The van der Waals surface area contributed by atoms with E-state index in [1.54, 1.807) is 11.3 Å². The van der Waals surface area contributed by atoms with Crippen LogP contribution in [0.5, 0.6) is 0 Å². The number of hydrogen-bond acceptors (Lipinski definition) is 3. The second-order valence-corrected chi connectivity index (χ2v) is 6.06. The summed E-state index contributed by atoms with van der Waals surface area (Å²) in [5, 5.41) is 0. The summed E-state index contributed by atoms with van der Waals surface area (Å²) in [4.78, 5) is 3.48. The van der Waals surface area contributed by atoms with Gasteiger partial charge in [0, 0.05) is 9.75 Å². The highest BCUT2D eigenvalue weighted by Gasteiger charge is 2.22. The van der Waals surface area contributed by atoms with Crippen LogP contribution in [-0.2, 0) is 22.0 Å². The molecule has 14 heavy (non-hydrogen) atoms. The molecule has 2 atom stereocenters. The molecule has 0 aromatic carbocycles. The van der Waals surface area contributed by atoms with Crippen molar-refractivity contribution in [3.05, 3.63) is 15.8 Å². The molecule has 0 aliphatic carbocycles. The fourth-order valence-electron chi connectivity index (χ4n) is 1.56. The van der Waals surface area contributed by atoms with Crippen molar-refractivity contribution >= 4 is 22.1 Å². The summed E-state index contributed by atoms with van der Waals surface area (Å²) in [5.74, 6) is 0.636. The lowest BCUT2D eigenvalue weighted by Gasteiger charge is -2.07. The minimum atomic E-state index is -0.849. The molecule has 0 saturated heterocycles. The standard InChI is InChI=1S/C10H14O2S2/c1-3-8-6-9-10(13-8)7(2)12-4-5-14(9)11/h6-7H,3-5H2,1-2H3. The van der Waals surface area contributed by atoms with Crippen LogP contribution in [0, 0.1) is 0 Å². The number of thiophene rings is 1. The first kappa shape index (κ1) is 10.3. The molecule has 4 heteroatoms. The summed E-state index contributed by atoms with van der Waals surface area (Å²) in [5.41, 5.74) is 0. The Morgan fingerprint density at radius 3 is 3.21 bits per heavy atom. The molecule has 1 aromatic rings. The Kier molecular flexibility index (Phi) is 3.04. The highest BCUT2D eigenvalue weighted by molar-refractivity contribution is 7.85. The highest BCUT2D eigenvalue weighted by atomic mass is 32.2. The van der Waals surface area contributed by atoms with Crippen molar-refractivity contribution in [1.29, 1.82) is 0 Å². The predicted molar refractivity (Wildman–Crippen MR) is 59.3 cm³/mol. The van der Waals surface area contributed by atoms with E-state index in [9.17, 15) is 4.21 Å². The predicted octanol–water partition coefficient (Wildman–Crippen LogP) is 2.51. The molecule has 1 aliphatic rings. The Morgan fingerprint density at radius 2 is 2.50 bits per heavy atom. The fraction of sp³-hybridized carbons (Fsp3) is 0.600. The molecule has 2 nitrogen and oxygen atoms in total. The molecule has 1 aliphatic heterocycles. The fourth-order valence-corrected chi connectivity index (χ4v) is 4.17. The van der Waals surface area contributed by atoms with Gasteiger partial charge in [0.25, 0.3) is 0 Å². The molecule has 0 spiro atoms. The zero-order valence-corrected chi connectivity index (χ0v) is 10.0. The first-order chi connectivity index (χ1) is 6.72. The van der Waals surface area contributed by atoms with E-state index in [-0.39, 0.29) is 6.10 Å². The van der Waals surface area contributed by atoms with Crippen LogP contribution in [0.25, 0.3) is 0 Å². The second-order valence-electron chi connectivity index (χ2n) is 3.36. The average molecular weight is 230 g/mol. The summed E-state index contributed by atoms with van der Waals surface area (Å²) in [6.07, 6.45) is 1.13. The molecule has 0 saturated carbocycles. The van der Waals surface area contributed by atoms with Crippen molar-refractivity contribution < 1.29 is 8.95 Å². The van der Waals surface area contributed by atoms with Gasteiger partial charge in [0.1, 0.15) is 0 Å². The van der Waals surface area contributed by atoms with E-state index in [0.717, 1.165) is 16.2 Å².